The molecule has 5 rings (SSSR count). The number of thiazole rings is 1. The molecule has 0 aliphatic heterocycles. The van der Waals surface area contributed by atoms with Crippen molar-refractivity contribution in [1.29, 1.82) is 0 Å². The quantitative estimate of drug-likeness (QED) is 0.289. The summed E-state index contributed by atoms with van der Waals surface area (Å²) in [7, 11) is 0. The van der Waals surface area contributed by atoms with Gasteiger partial charge < -0.3 is 0 Å². The van der Waals surface area contributed by atoms with Crippen molar-refractivity contribution < 1.29 is 13.2 Å². The Kier molecular flexibility index (Phi) is 5.86. The van der Waals surface area contributed by atoms with Crippen LogP contribution in [0.15, 0.2) is 94.7 Å². The normalized spacial score (nSPS) is 12.5. The average molecular weight is 493 g/mol. The molecule has 3 aromatic carbocycles. The topological polar surface area (TPSA) is 63.0 Å². The zero-order valence-electron chi connectivity index (χ0n) is 18.5. The van der Waals surface area contributed by atoms with E-state index in [-0.39, 0.29) is 10.8 Å². The summed E-state index contributed by atoms with van der Waals surface area (Å²) in [5.74, 6) is 0. The molecule has 0 atom stereocenters. The number of fused-ring (bicyclic) bond motifs is 1. The van der Waals surface area contributed by atoms with Gasteiger partial charge in [-0.2, -0.15) is 17.9 Å². The molecule has 2 heterocycles. The third kappa shape index (κ3) is 4.42. The minimum Gasteiger partial charge on any atom is -0.284 e. The number of para-hydroxylation sites is 1. The molecule has 9 heteroatoms. The maximum atomic E-state index is 14.1. The van der Waals surface area contributed by atoms with Gasteiger partial charge in [-0.05, 0) is 30.2 Å². The number of nitrogens with zero attached hydrogens (tertiary/aromatic N) is 3. The SMILES string of the molecule is CC(=NC(c1ccccc1)c1ccccc1)c1c(C(F)(F)F)[nH]n(-c2nc3ccccc3s2)c1=O. The molecule has 0 spiro atoms. The number of hydrogen-bond donors (Lipinski definition) is 1. The van der Waals surface area contributed by atoms with Gasteiger partial charge in [-0.1, -0.05) is 84.1 Å². The van der Waals surface area contributed by atoms with Crippen LogP contribution in [0.3, 0.4) is 0 Å². The summed E-state index contributed by atoms with van der Waals surface area (Å²) in [6.07, 6.45) is -4.79. The molecule has 0 fully saturated rings. The Morgan fingerprint density at radius 2 is 1.51 bits per heavy atom. The van der Waals surface area contributed by atoms with E-state index in [1.54, 1.807) is 24.3 Å². The molecule has 0 bridgehead atoms. The zero-order chi connectivity index (χ0) is 24.6. The molecule has 176 valence electrons. The van der Waals surface area contributed by atoms with Crippen LogP contribution in [0.5, 0.6) is 0 Å². The number of aromatic nitrogens is 3. The number of hydrogen-bond acceptors (Lipinski definition) is 4. The number of rotatable bonds is 5. The molecule has 2 aromatic heterocycles. The molecule has 0 saturated carbocycles. The summed E-state index contributed by atoms with van der Waals surface area (Å²) in [5.41, 5.74) is -0.338. The minimum absolute atomic E-state index is 0.0175. The van der Waals surface area contributed by atoms with E-state index >= 15 is 0 Å². The predicted molar refractivity (Wildman–Crippen MR) is 132 cm³/mol. The Morgan fingerprint density at radius 3 is 2.09 bits per heavy atom. The molecule has 0 radical (unpaired) electrons. The van der Waals surface area contributed by atoms with Crippen LogP contribution in [0.2, 0.25) is 0 Å². The largest absolute Gasteiger partial charge is 0.433 e. The molecule has 5 aromatic rings. The van der Waals surface area contributed by atoms with E-state index in [4.69, 9.17) is 0 Å². The number of H-pyrrole nitrogens is 1. The summed E-state index contributed by atoms with van der Waals surface area (Å²) < 4.78 is 43.8. The minimum atomic E-state index is -4.79. The van der Waals surface area contributed by atoms with E-state index in [9.17, 15) is 18.0 Å². The molecule has 35 heavy (non-hydrogen) atoms. The lowest BCUT2D eigenvalue weighted by atomic mass is 9.98. The van der Waals surface area contributed by atoms with E-state index < -0.39 is 29.0 Å². The molecule has 1 N–H and O–H groups in total. The van der Waals surface area contributed by atoms with Gasteiger partial charge in [0.1, 0.15) is 6.04 Å². The number of aliphatic imine (C=N–C) groups is 1. The van der Waals surface area contributed by atoms with Gasteiger partial charge in [-0.15, -0.1) is 0 Å². The lowest BCUT2D eigenvalue weighted by Gasteiger charge is -2.15. The second kappa shape index (κ2) is 8.99. The Hall–Kier alpha value is -3.98. The lowest BCUT2D eigenvalue weighted by molar-refractivity contribution is -0.141. The zero-order valence-corrected chi connectivity index (χ0v) is 19.3. The Morgan fingerprint density at radius 1 is 0.943 bits per heavy atom. The summed E-state index contributed by atoms with van der Waals surface area (Å²) in [6.45, 7) is 1.43. The van der Waals surface area contributed by atoms with Crippen LogP contribution < -0.4 is 5.56 Å². The van der Waals surface area contributed by atoms with Crippen LogP contribution in [0, 0.1) is 0 Å². The highest BCUT2D eigenvalue weighted by Crippen LogP contribution is 2.33. The maximum absolute atomic E-state index is 14.1. The third-order valence-electron chi connectivity index (χ3n) is 5.56. The summed E-state index contributed by atoms with van der Waals surface area (Å²) >= 11 is 1.13. The first-order valence-corrected chi connectivity index (χ1v) is 11.6. The van der Waals surface area contributed by atoms with Gasteiger partial charge in [0.15, 0.2) is 5.69 Å². The van der Waals surface area contributed by atoms with Crippen molar-refractivity contribution >= 4 is 27.3 Å². The molecule has 0 unspecified atom stereocenters. The predicted octanol–water partition coefficient (Wildman–Crippen LogP) is 6.39. The van der Waals surface area contributed by atoms with Gasteiger partial charge in [-0.3, -0.25) is 14.9 Å². The van der Waals surface area contributed by atoms with Crippen molar-refractivity contribution in [1.82, 2.24) is 14.8 Å². The highest BCUT2D eigenvalue weighted by molar-refractivity contribution is 7.20. The third-order valence-corrected chi connectivity index (χ3v) is 6.58. The maximum Gasteiger partial charge on any atom is 0.433 e. The number of benzene rings is 3. The molecule has 5 nitrogen and oxygen atoms in total. The lowest BCUT2D eigenvalue weighted by Crippen LogP contribution is -2.21. The van der Waals surface area contributed by atoms with Crippen molar-refractivity contribution in [3.05, 3.63) is 118 Å². The van der Waals surface area contributed by atoms with E-state index in [1.807, 2.05) is 60.7 Å². The van der Waals surface area contributed by atoms with E-state index in [1.165, 1.54) is 6.92 Å². The second-order valence-electron chi connectivity index (χ2n) is 7.90. The average Bonchev–Trinajstić information content (AvgIpc) is 3.44. The molecule has 0 amide bonds. The monoisotopic (exact) mass is 492 g/mol. The summed E-state index contributed by atoms with van der Waals surface area (Å²) in [4.78, 5) is 22.3. The molecule has 0 aliphatic rings. The van der Waals surface area contributed by atoms with Crippen LogP contribution in [0.4, 0.5) is 13.2 Å². The Bertz CT molecular complexity index is 1490. The van der Waals surface area contributed by atoms with Crippen molar-refractivity contribution in [2.24, 2.45) is 4.99 Å². The van der Waals surface area contributed by atoms with Crippen LogP contribution in [-0.2, 0) is 6.18 Å². The fourth-order valence-electron chi connectivity index (χ4n) is 3.94. The van der Waals surface area contributed by atoms with Crippen molar-refractivity contribution in [2.75, 3.05) is 0 Å². The van der Waals surface area contributed by atoms with Gasteiger partial charge in [0.2, 0.25) is 5.13 Å². The van der Waals surface area contributed by atoms with E-state index in [0.717, 1.165) is 31.8 Å². The van der Waals surface area contributed by atoms with Crippen LogP contribution >= 0.6 is 11.3 Å². The number of aromatic amines is 1. The smallest absolute Gasteiger partial charge is 0.284 e. The van der Waals surface area contributed by atoms with Gasteiger partial charge in [0, 0.05) is 5.71 Å². The van der Waals surface area contributed by atoms with Crippen LogP contribution in [0.1, 0.15) is 35.3 Å². The highest BCUT2D eigenvalue weighted by Gasteiger charge is 2.39. The fraction of sp³-hybridized carbons (Fsp3) is 0.115. The number of alkyl halides is 3. The Labute approximate surface area is 202 Å². The standard InChI is InChI=1S/C26H19F3N4OS/c1-16(30-22(17-10-4-2-5-11-17)18-12-6-3-7-13-18)21-23(26(27,28)29)32-33(24(21)34)25-31-19-14-8-9-15-20(19)35-25/h2-15,22,32H,1H3. The van der Waals surface area contributed by atoms with Crippen LogP contribution in [0.25, 0.3) is 15.3 Å². The second-order valence-corrected chi connectivity index (χ2v) is 8.91. The molecular weight excluding hydrogens is 473 g/mol. The number of nitrogens with one attached hydrogen (secondary N) is 1. The number of halogens is 3. The first kappa shape index (κ1) is 22.8. The fourth-order valence-corrected chi connectivity index (χ4v) is 4.86. The highest BCUT2D eigenvalue weighted by atomic mass is 32.1. The van der Waals surface area contributed by atoms with Crippen LogP contribution in [-0.4, -0.2) is 20.5 Å². The summed E-state index contributed by atoms with van der Waals surface area (Å²) in [6, 6.07) is 25.0. The van der Waals surface area contributed by atoms with E-state index in [0.29, 0.717) is 5.52 Å². The molecular formula is C26H19F3N4OS. The molecule has 0 saturated heterocycles. The van der Waals surface area contributed by atoms with Crippen molar-refractivity contribution in [3.8, 4) is 5.13 Å². The van der Waals surface area contributed by atoms with Gasteiger partial charge in [-0.25, -0.2) is 4.98 Å². The first-order chi connectivity index (χ1) is 16.8. The van der Waals surface area contributed by atoms with Crippen molar-refractivity contribution in [3.63, 3.8) is 0 Å². The van der Waals surface area contributed by atoms with Gasteiger partial charge >= 0.3 is 6.18 Å². The van der Waals surface area contributed by atoms with Crippen molar-refractivity contribution in [2.45, 2.75) is 19.1 Å². The van der Waals surface area contributed by atoms with Gasteiger partial charge in [0.25, 0.3) is 5.56 Å². The Balaban J connectivity index is 1.68. The van der Waals surface area contributed by atoms with Gasteiger partial charge in [0.05, 0.1) is 15.8 Å². The summed E-state index contributed by atoms with van der Waals surface area (Å²) in [5, 5.41) is 2.38. The first-order valence-electron chi connectivity index (χ1n) is 10.8. The molecule has 0 aliphatic carbocycles. The van der Waals surface area contributed by atoms with E-state index in [2.05, 4.69) is 15.1 Å².